The fourth-order valence-electron chi connectivity index (χ4n) is 2.45. The molecule has 1 N–H and O–H groups in total. The number of nitrogens with one attached hydrogen (secondary N) is 1. The van der Waals surface area contributed by atoms with Gasteiger partial charge >= 0.3 is 0 Å². The number of rotatable bonds is 10. The van der Waals surface area contributed by atoms with Crippen molar-refractivity contribution in [1.82, 2.24) is 10.2 Å². The Labute approximate surface area is 124 Å². The van der Waals surface area contributed by atoms with Crippen molar-refractivity contribution >= 4 is 0 Å². The van der Waals surface area contributed by atoms with Crippen LogP contribution in [0.15, 0.2) is 24.3 Å². The van der Waals surface area contributed by atoms with Crippen molar-refractivity contribution in [3.8, 4) is 0 Å². The fourth-order valence-corrected chi connectivity index (χ4v) is 2.45. The maximum atomic E-state index is 5.10. The van der Waals surface area contributed by atoms with Crippen LogP contribution in [0.3, 0.4) is 0 Å². The average molecular weight is 278 g/mol. The molecule has 20 heavy (non-hydrogen) atoms. The van der Waals surface area contributed by atoms with Crippen molar-refractivity contribution in [2.24, 2.45) is 0 Å². The van der Waals surface area contributed by atoms with Crippen LogP contribution in [-0.2, 0) is 11.2 Å². The number of benzene rings is 1. The zero-order valence-electron chi connectivity index (χ0n) is 13.5. The molecule has 0 saturated heterocycles. The van der Waals surface area contributed by atoms with Crippen LogP contribution in [0.1, 0.15) is 36.9 Å². The minimum atomic E-state index is 0.387. The summed E-state index contributed by atoms with van der Waals surface area (Å²) in [6.07, 6.45) is 3.46. The zero-order chi connectivity index (χ0) is 14.8. The van der Waals surface area contributed by atoms with E-state index in [-0.39, 0.29) is 0 Å². The summed E-state index contributed by atoms with van der Waals surface area (Å²) in [5.41, 5.74) is 2.80. The van der Waals surface area contributed by atoms with Crippen molar-refractivity contribution in [1.29, 1.82) is 0 Å². The van der Waals surface area contributed by atoms with E-state index in [1.807, 2.05) is 7.05 Å². The molecule has 1 aromatic rings. The maximum absolute atomic E-state index is 5.10. The van der Waals surface area contributed by atoms with Gasteiger partial charge in [0.2, 0.25) is 0 Å². The van der Waals surface area contributed by atoms with Crippen molar-refractivity contribution in [2.75, 3.05) is 40.9 Å². The van der Waals surface area contributed by atoms with E-state index in [0.717, 1.165) is 26.1 Å². The predicted octanol–water partition coefficient (Wildman–Crippen LogP) is 2.87. The smallest absolute Gasteiger partial charge is 0.0474 e. The summed E-state index contributed by atoms with van der Waals surface area (Å²) in [7, 11) is 5.97. The largest absolute Gasteiger partial charge is 0.385 e. The molecule has 0 aliphatic heterocycles. The van der Waals surface area contributed by atoms with E-state index >= 15 is 0 Å². The van der Waals surface area contributed by atoms with Gasteiger partial charge in [-0.15, -0.1) is 0 Å². The van der Waals surface area contributed by atoms with Crippen molar-refractivity contribution < 1.29 is 4.74 Å². The van der Waals surface area contributed by atoms with Gasteiger partial charge in [0.15, 0.2) is 0 Å². The highest BCUT2D eigenvalue weighted by Gasteiger charge is 2.11. The molecule has 0 bridgehead atoms. The average Bonchev–Trinajstić information content (AvgIpc) is 2.46. The van der Waals surface area contributed by atoms with Gasteiger partial charge in [-0.2, -0.15) is 0 Å². The molecule has 0 fully saturated rings. The van der Waals surface area contributed by atoms with Crippen molar-refractivity contribution in [2.45, 2.75) is 32.2 Å². The van der Waals surface area contributed by atoms with Gasteiger partial charge in [0.05, 0.1) is 0 Å². The third kappa shape index (κ3) is 6.04. The summed E-state index contributed by atoms with van der Waals surface area (Å²) < 4.78 is 5.10. The van der Waals surface area contributed by atoms with Gasteiger partial charge in [-0.25, -0.2) is 0 Å². The van der Waals surface area contributed by atoms with Crippen LogP contribution < -0.4 is 5.32 Å². The van der Waals surface area contributed by atoms with Crippen LogP contribution in [0.5, 0.6) is 0 Å². The highest BCUT2D eigenvalue weighted by atomic mass is 16.5. The number of hydrogen-bond acceptors (Lipinski definition) is 3. The van der Waals surface area contributed by atoms with E-state index < -0.39 is 0 Å². The normalized spacial score (nSPS) is 12.8. The van der Waals surface area contributed by atoms with Crippen LogP contribution in [0.25, 0.3) is 0 Å². The minimum absolute atomic E-state index is 0.387. The molecule has 0 spiro atoms. The first kappa shape index (κ1) is 17.2. The van der Waals surface area contributed by atoms with Crippen LogP contribution >= 0.6 is 0 Å². The van der Waals surface area contributed by atoms with E-state index in [2.05, 4.69) is 48.5 Å². The molecule has 0 radical (unpaired) electrons. The number of hydrogen-bond donors (Lipinski definition) is 1. The van der Waals surface area contributed by atoms with Gasteiger partial charge < -0.3 is 15.0 Å². The maximum Gasteiger partial charge on any atom is 0.0474 e. The van der Waals surface area contributed by atoms with Gasteiger partial charge in [-0.05, 0) is 38.1 Å². The molecule has 0 aliphatic rings. The van der Waals surface area contributed by atoms with E-state index in [0.29, 0.717) is 6.04 Å². The van der Waals surface area contributed by atoms with Crippen molar-refractivity contribution in [3.63, 3.8) is 0 Å². The Bertz CT molecular complexity index is 351. The van der Waals surface area contributed by atoms with E-state index in [1.165, 1.54) is 24.0 Å². The lowest BCUT2D eigenvalue weighted by molar-refractivity contribution is 0.176. The summed E-state index contributed by atoms with van der Waals surface area (Å²) in [6, 6.07) is 9.42. The summed E-state index contributed by atoms with van der Waals surface area (Å²) in [6.45, 7) is 5.15. The monoisotopic (exact) mass is 278 g/mol. The predicted molar refractivity (Wildman–Crippen MR) is 86.2 cm³/mol. The highest BCUT2D eigenvalue weighted by molar-refractivity contribution is 5.25. The molecule has 0 heterocycles. The zero-order valence-corrected chi connectivity index (χ0v) is 13.5. The Morgan fingerprint density at radius 3 is 2.50 bits per heavy atom. The molecule has 3 heteroatoms. The number of aryl methyl sites for hydroxylation is 1. The summed E-state index contributed by atoms with van der Waals surface area (Å²) >= 11 is 0. The molecule has 3 nitrogen and oxygen atoms in total. The molecular formula is C17H30N2O. The lowest BCUT2D eigenvalue weighted by Gasteiger charge is -2.24. The van der Waals surface area contributed by atoms with E-state index in [1.54, 1.807) is 7.11 Å². The molecule has 1 atom stereocenters. The second kappa shape index (κ2) is 9.92. The minimum Gasteiger partial charge on any atom is -0.385 e. The first-order chi connectivity index (χ1) is 9.71. The Morgan fingerprint density at radius 2 is 1.95 bits per heavy atom. The fraction of sp³-hybridized carbons (Fsp3) is 0.647. The van der Waals surface area contributed by atoms with Gasteiger partial charge in [-0.1, -0.05) is 37.6 Å². The molecule has 0 aromatic heterocycles. The Hall–Kier alpha value is -0.900. The summed E-state index contributed by atoms with van der Waals surface area (Å²) in [5.74, 6) is 0. The van der Waals surface area contributed by atoms with Gasteiger partial charge in [0.25, 0.3) is 0 Å². The van der Waals surface area contributed by atoms with Crippen LogP contribution in [0.4, 0.5) is 0 Å². The van der Waals surface area contributed by atoms with Crippen molar-refractivity contribution in [3.05, 3.63) is 35.4 Å². The van der Waals surface area contributed by atoms with Crippen LogP contribution in [-0.4, -0.2) is 45.8 Å². The SMILES string of the molecule is CCCc1ccc(C(CN(C)CCCOC)NC)cc1. The topological polar surface area (TPSA) is 24.5 Å². The molecule has 1 rings (SSSR count). The molecule has 0 amide bonds. The Balaban J connectivity index is 2.52. The third-order valence-electron chi connectivity index (χ3n) is 3.65. The lowest BCUT2D eigenvalue weighted by atomic mass is 10.0. The molecular weight excluding hydrogens is 248 g/mol. The number of likely N-dealkylation sites (N-methyl/N-ethyl adjacent to an activating group) is 2. The number of methoxy groups -OCH3 is 1. The Morgan fingerprint density at radius 1 is 1.25 bits per heavy atom. The highest BCUT2D eigenvalue weighted by Crippen LogP contribution is 2.15. The van der Waals surface area contributed by atoms with Gasteiger partial charge in [0, 0.05) is 32.8 Å². The quantitative estimate of drug-likeness (QED) is 0.666. The van der Waals surface area contributed by atoms with E-state index in [4.69, 9.17) is 4.74 Å². The Kier molecular flexibility index (Phi) is 8.51. The number of ether oxygens (including phenoxy) is 1. The molecule has 114 valence electrons. The van der Waals surface area contributed by atoms with Gasteiger partial charge in [-0.3, -0.25) is 0 Å². The third-order valence-corrected chi connectivity index (χ3v) is 3.65. The first-order valence-electron chi connectivity index (χ1n) is 7.64. The lowest BCUT2D eigenvalue weighted by Crippen LogP contribution is -2.32. The summed E-state index contributed by atoms with van der Waals surface area (Å²) in [5, 5.41) is 3.42. The molecule has 0 aliphatic carbocycles. The van der Waals surface area contributed by atoms with Crippen LogP contribution in [0.2, 0.25) is 0 Å². The van der Waals surface area contributed by atoms with Gasteiger partial charge in [0.1, 0.15) is 0 Å². The van der Waals surface area contributed by atoms with E-state index in [9.17, 15) is 0 Å². The van der Waals surface area contributed by atoms with Crippen LogP contribution in [0, 0.1) is 0 Å². The molecule has 1 aromatic carbocycles. The standard InChI is InChI=1S/C17H30N2O/c1-5-7-15-8-10-16(11-9-15)17(18-2)14-19(3)12-6-13-20-4/h8-11,17-18H,5-7,12-14H2,1-4H3. The second-order valence-corrected chi connectivity index (χ2v) is 5.44. The molecule has 1 unspecified atom stereocenters. The molecule has 0 saturated carbocycles. The second-order valence-electron chi connectivity index (χ2n) is 5.44. The summed E-state index contributed by atoms with van der Waals surface area (Å²) in [4.78, 5) is 2.36. The first-order valence-corrected chi connectivity index (χ1v) is 7.64. The number of nitrogens with zero attached hydrogens (tertiary/aromatic N) is 1.